The van der Waals surface area contributed by atoms with E-state index in [2.05, 4.69) is 34.9 Å². The number of rotatable bonds is 6. The lowest BCUT2D eigenvalue weighted by atomic mass is 9.87. The fraction of sp³-hybridized carbons (Fsp3) is 0.417. The Balaban J connectivity index is 1.34. The van der Waals surface area contributed by atoms with Crippen LogP contribution in [0.5, 0.6) is 0 Å². The van der Waals surface area contributed by atoms with E-state index >= 15 is 0 Å². The number of hydrogen-bond acceptors (Lipinski definition) is 5. The van der Waals surface area contributed by atoms with Gasteiger partial charge in [-0.3, -0.25) is 14.4 Å². The van der Waals surface area contributed by atoms with Gasteiger partial charge in [-0.15, -0.1) is 0 Å². The van der Waals surface area contributed by atoms with Gasteiger partial charge in [0.15, 0.2) is 5.78 Å². The minimum atomic E-state index is -0.0115. The molecule has 5 rings (SSSR count). The Morgan fingerprint density at radius 1 is 1.00 bits per heavy atom. The first-order chi connectivity index (χ1) is 15.0. The van der Waals surface area contributed by atoms with Crippen molar-refractivity contribution in [2.75, 3.05) is 59.9 Å². The predicted molar refractivity (Wildman–Crippen MR) is 125 cm³/mol. The minimum absolute atomic E-state index is 0.0115. The Kier molecular flexibility index (Phi) is 5.56. The van der Waals surface area contributed by atoms with Gasteiger partial charge in [-0.2, -0.15) is 5.10 Å². The zero-order chi connectivity index (χ0) is 21.5. The molecule has 0 spiro atoms. The zero-order valence-electron chi connectivity index (χ0n) is 18.1. The highest BCUT2D eigenvalue weighted by atomic mass is 35.5. The Hall–Kier alpha value is -2.25. The quantitative estimate of drug-likeness (QED) is 0.464. The highest BCUT2D eigenvalue weighted by Gasteiger charge is 2.30. The number of fused-ring (bicyclic) bond motifs is 2. The number of likely N-dealkylation sites (N-methyl/N-ethyl adjacent to an activating group) is 2. The molecular formula is C24H28ClN5O. The monoisotopic (exact) mass is 437 g/mol. The summed E-state index contributed by atoms with van der Waals surface area (Å²) in [6.07, 6.45) is 0. The summed E-state index contributed by atoms with van der Waals surface area (Å²) in [6.45, 7) is 8.43. The van der Waals surface area contributed by atoms with E-state index in [-0.39, 0.29) is 5.78 Å². The average molecular weight is 438 g/mol. The van der Waals surface area contributed by atoms with E-state index in [9.17, 15) is 4.79 Å². The molecule has 0 saturated carbocycles. The van der Waals surface area contributed by atoms with Crippen LogP contribution in [0.25, 0.3) is 22.2 Å². The second kappa shape index (κ2) is 8.36. The zero-order valence-corrected chi connectivity index (χ0v) is 18.9. The summed E-state index contributed by atoms with van der Waals surface area (Å²) in [5.74, 6) is -0.0115. The van der Waals surface area contributed by atoms with Crippen molar-refractivity contribution >= 4 is 28.3 Å². The molecule has 0 bridgehead atoms. The number of aromatic nitrogens is 2. The molecule has 2 heterocycles. The van der Waals surface area contributed by atoms with Crippen molar-refractivity contribution in [3.05, 3.63) is 52.5 Å². The maximum Gasteiger partial charge on any atom is 0.195 e. The third-order valence-corrected chi connectivity index (χ3v) is 6.92. The van der Waals surface area contributed by atoms with Gasteiger partial charge in [0.1, 0.15) is 5.69 Å². The van der Waals surface area contributed by atoms with Crippen molar-refractivity contribution in [1.29, 1.82) is 0 Å². The number of nitrogens with zero attached hydrogens (tertiary/aromatic N) is 5. The van der Waals surface area contributed by atoms with Crippen molar-refractivity contribution in [1.82, 2.24) is 24.5 Å². The Labute approximate surface area is 188 Å². The molecule has 2 aliphatic rings. The first-order valence-corrected chi connectivity index (χ1v) is 11.3. The van der Waals surface area contributed by atoms with Gasteiger partial charge in [0.25, 0.3) is 0 Å². The topological polar surface area (TPSA) is 44.6 Å². The molecule has 1 fully saturated rings. The van der Waals surface area contributed by atoms with Crippen LogP contribution in [0, 0.1) is 0 Å². The first-order valence-electron chi connectivity index (χ1n) is 11.0. The molecule has 0 amide bonds. The molecule has 1 aliphatic heterocycles. The molecule has 162 valence electrons. The van der Waals surface area contributed by atoms with E-state index in [1.165, 1.54) is 0 Å². The highest BCUT2D eigenvalue weighted by Crippen LogP contribution is 2.41. The normalized spacial score (nSPS) is 17.0. The molecule has 0 N–H and O–H groups in total. The number of carbonyl (C=O) groups is 1. The van der Waals surface area contributed by atoms with Crippen LogP contribution in [0.1, 0.15) is 15.9 Å². The number of halogens is 1. The summed E-state index contributed by atoms with van der Waals surface area (Å²) in [6, 6.07) is 11.5. The third kappa shape index (κ3) is 3.78. The van der Waals surface area contributed by atoms with Gasteiger partial charge >= 0.3 is 0 Å². The predicted octanol–water partition coefficient (Wildman–Crippen LogP) is 3.08. The Bertz CT molecular complexity index is 1130. The van der Waals surface area contributed by atoms with Crippen molar-refractivity contribution in [2.24, 2.45) is 0 Å². The van der Waals surface area contributed by atoms with Crippen LogP contribution in [-0.2, 0) is 6.54 Å². The van der Waals surface area contributed by atoms with Crippen molar-refractivity contribution < 1.29 is 4.79 Å². The number of piperazine rings is 1. The van der Waals surface area contributed by atoms with Gasteiger partial charge in [-0.25, -0.2) is 0 Å². The molecule has 31 heavy (non-hydrogen) atoms. The van der Waals surface area contributed by atoms with Gasteiger partial charge in [0, 0.05) is 62.3 Å². The second-order valence-electron chi connectivity index (χ2n) is 8.71. The summed E-state index contributed by atoms with van der Waals surface area (Å²) in [4.78, 5) is 20.4. The lowest BCUT2D eigenvalue weighted by molar-refractivity contribution is 0.104. The fourth-order valence-electron chi connectivity index (χ4n) is 4.62. The lowest BCUT2D eigenvalue weighted by Crippen LogP contribution is -2.46. The Morgan fingerprint density at radius 3 is 2.52 bits per heavy atom. The molecule has 1 aliphatic carbocycles. The summed E-state index contributed by atoms with van der Waals surface area (Å²) < 4.78 is 2.05. The van der Waals surface area contributed by atoms with Crippen LogP contribution < -0.4 is 0 Å². The van der Waals surface area contributed by atoms with Crippen molar-refractivity contribution in [3.63, 3.8) is 0 Å². The van der Waals surface area contributed by atoms with Crippen molar-refractivity contribution in [2.45, 2.75) is 6.54 Å². The number of benzene rings is 2. The minimum Gasteiger partial charge on any atom is -0.304 e. The van der Waals surface area contributed by atoms with Crippen LogP contribution in [0.2, 0.25) is 5.02 Å². The summed E-state index contributed by atoms with van der Waals surface area (Å²) in [7, 11) is 4.36. The molecule has 1 saturated heterocycles. The maximum absolute atomic E-state index is 13.1. The largest absolute Gasteiger partial charge is 0.304 e. The van der Waals surface area contributed by atoms with Crippen LogP contribution in [0.3, 0.4) is 0 Å². The number of ketones is 1. The lowest BCUT2D eigenvalue weighted by Gasteiger charge is -2.33. The van der Waals surface area contributed by atoms with Crippen LogP contribution in [-0.4, -0.2) is 90.2 Å². The van der Waals surface area contributed by atoms with Crippen LogP contribution >= 0.6 is 11.6 Å². The molecule has 6 nitrogen and oxygen atoms in total. The molecule has 3 aromatic rings. The van der Waals surface area contributed by atoms with E-state index in [1.54, 1.807) is 6.07 Å². The van der Waals surface area contributed by atoms with Gasteiger partial charge in [0.05, 0.1) is 22.6 Å². The molecule has 1 aromatic heterocycles. The summed E-state index contributed by atoms with van der Waals surface area (Å²) in [5.41, 5.74) is 3.98. The summed E-state index contributed by atoms with van der Waals surface area (Å²) in [5, 5.41) is 6.37. The maximum atomic E-state index is 13.1. The molecular weight excluding hydrogens is 410 g/mol. The van der Waals surface area contributed by atoms with Gasteiger partial charge in [0.2, 0.25) is 0 Å². The molecule has 0 radical (unpaired) electrons. The van der Waals surface area contributed by atoms with E-state index in [4.69, 9.17) is 16.7 Å². The van der Waals surface area contributed by atoms with E-state index in [0.29, 0.717) is 16.1 Å². The van der Waals surface area contributed by atoms with Crippen molar-refractivity contribution in [3.8, 4) is 11.3 Å². The first kappa shape index (κ1) is 20.6. The number of carbonyl (C=O) groups excluding carboxylic acids is 1. The van der Waals surface area contributed by atoms with Gasteiger partial charge in [-0.1, -0.05) is 35.9 Å². The standard InChI is InChI=1S/C24H28ClN5O/c1-27-9-13-29(14-10-27)15-11-28(2)12-16-30-20-8-4-6-18-22(20)23(26-30)17-5-3-7-19(25)21(17)24(18)31/h3-8H,9-16H2,1-2H3. The average Bonchev–Trinajstić information content (AvgIpc) is 3.15. The Morgan fingerprint density at radius 2 is 1.71 bits per heavy atom. The summed E-state index contributed by atoms with van der Waals surface area (Å²) >= 11 is 6.39. The second-order valence-corrected chi connectivity index (χ2v) is 9.12. The van der Waals surface area contributed by atoms with Gasteiger partial charge < -0.3 is 9.80 Å². The highest BCUT2D eigenvalue weighted by molar-refractivity contribution is 6.38. The molecule has 0 atom stereocenters. The third-order valence-electron chi connectivity index (χ3n) is 6.61. The smallest absolute Gasteiger partial charge is 0.195 e. The van der Waals surface area contributed by atoms with E-state index in [1.807, 2.05) is 28.9 Å². The number of hydrogen-bond donors (Lipinski definition) is 0. The van der Waals surface area contributed by atoms with Gasteiger partial charge in [-0.05, 0) is 26.2 Å². The SMILES string of the molecule is CN1CCN(CCN(C)CCn2nc3c4c(cccc42)C(=O)c2c(Cl)cccc2-3)CC1. The van der Waals surface area contributed by atoms with Crippen LogP contribution in [0.15, 0.2) is 36.4 Å². The van der Waals surface area contributed by atoms with E-state index in [0.717, 1.165) is 74.5 Å². The molecule has 2 aromatic carbocycles. The molecule has 0 unspecified atom stereocenters. The van der Waals surface area contributed by atoms with Crippen LogP contribution in [0.4, 0.5) is 0 Å². The molecule has 7 heteroatoms. The van der Waals surface area contributed by atoms with E-state index < -0.39 is 0 Å². The fourth-order valence-corrected chi connectivity index (χ4v) is 4.88.